The number of halogens is 2. The van der Waals surface area contributed by atoms with Crippen LogP contribution in [0, 0.1) is 11.6 Å². The lowest BCUT2D eigenvalue weighted by Crippen LogP contribution is -2.46. The zero-order chi connectivity index (χ0) is 22.4. The first kappa shape index (κ1) is 23.7. The van der Waals surface area contributed by atoms with Gasteiger partial charge in [-0.15, -0.1) is 0 Å². The Kier molecular flexibility index (Phi) is 6.31. The third kappa shape index (κ3) is 4.20. The van der Waals surface area contributed by atoms with Crippen LogP contribution in [-0.4, -0.2) is 30.5 Å². The number of nitrogens with zero attached hydrogens (tertiary/aromatic N) is 2. The number of carbonyl (C=O) groups excluding carboxylic acids is 1. The predicted molar refractivity (Wildman–Crippen MR) is 118 cm³/mol. The molecule has 0 radical (unpaired) electrons. The maximum absolute atomic E-state index is 13.5. The summed E-state index contributed by atoms with van der Waals surface area (Å²) in [5.74, 6) is -3.07. The zero-order valence-corrected chi connectivity index (χ0v) is 18.8. The Hall–Kier alpha value is -2.96. The second-order valence-corrected chi connectivity index (χ2v) is 8.96. The largest absolute Gasteiger partial charge is 0.487 e. The Bertz CT molecular complexity index is 1280. The molecule has 0 unspecified atom stereocenters. The molecule has 0 spiro atoms. The number of sulfonamides is 1. The van der Waals surface area contributed by atoms with Crippen LogP contribution in [0.3, 0.4) is 0 Å². The Morgan fingerprint density at radius 1 is 1.25 bits per heavy atom. The van der Waals surface area contributed by atoms with Gasteiger partial charge in [0.15, 0.2) is 23.1 Å². The first-order valence-corrected chi connectivity index (χ1v) is 10.6. The standard InChI is InChI=1S/C20H18F2N4O4S.H2S/c1-20(16-5-3-4-8-23-16)11-30-18-15(31(28,29)25-20)10-26(2)17(18)19(27)24-12-6-7-13(21)14(22)9-12;/h3-10,25H,11H2,1-2H3,(H,24,27);1H2/t20-;/m1./s1. The molecule has 3 heterocycles. The van der Waals surface area contributed by atoms with Crippen molar-refractivity contribution >= 4 is 35.1 Å². The summed E-state index contributed by atoms with van der Waals surface area (Å²) in [6, 6.07) is 7.98. The van der Waals surface area contributed by atoms with Crippen LogP contribution >= 0.6 is 13.5 Å². The normalized spacial score (nSPS) is 19.1. The van der Waals surface area contributed by atoms with E-state index >= 15 is 0 Å². The highest BCUT2D eigenvalue weighted by Crippen LogP contribution is 2.36. The number of carbonyl (C=O) groups is 1. The van der Waals surface area contributed by atoms with Crippen molar-refractivity contribution < 1.29 is 26.7 Å². The van der Waals surface area contributed by atoms with Crippen molar-refractivity contribution in [2.24, 2.45) is 7.05 Å². The fourth-order valence-electron chi connectivity index (χ4n) is 3.35. The highest BCUT2D eigenvalue weighted by molar-refractivity contribution is 7.89. The van der Waals surface area contributed by atoms with E-state index in [1.807, 2.05) is 0 Å². The minimum atomic E-state index is -4.08. The third-order valence-electron chi connectivity index (χ3n) is 4.88. The van der Waals surface area contributed by atoms with E-state index in [2.05, 4.69) is 15.0 Å². The molecule has 4 rings (SSSR count). The number of rotatable bonds is 3. The molecule has 3 aromatic rings. The fourth-order valence-corrected chi connectivity index (χ4v) is 4.91. The minimum absolute atomic E-state index is 0. The molecule has 32 heavy (non-hydrogen) atoms. The minimum Gasteiger partial charge on any atom is -0.487 e. The molecule has 12 heteroatoms. The van der Waals surface area contributed by atoms with E-state index in [-0.39, 0.29) is 42.1 Å². The highest BCUT2D eigenvalue weighted by atomic mass is 32.2. The summed E-state index contributed by atoms with van der Waals surface area (Å²) in [5.41, 5.74) is -0.818. The molecule has 8 nitrogen and oxygen atoms in total. The molecule has 1 atom stereocenters. The van der Waals surface area contributed by atoms with Gasteiger partial charge in [0.1, 0.15) is 17.0 Å². The maximum Gasteiger partial charge on any atom is 0.276 e. The summed E-state index contributed by atoms with van der Waals surface area (Å²) >= 11 is 0. The molecule has 1 aliphatic heterocycles. The number of pyridine rings is 1. The number of hydrogen-bond acceptors (Lipinski definition) is 5. The molecule has 0 saturated heterocycles. The maximum atomic E-state index is 13.5. The quantitative estimate of drug-likeness (QED) is 0.598. The topological polar surface area (TPSA) is 102 Å². The van der Waals surface area contributed by atoms with Crippen molar-refractivity contribution in [2.75, 3.05) is 11.9 Å². The van der Waals surface area contributed by atoms with E-state index in [0.717, 1.165) is 12.1 Å². The van der Waals surface area contributed by atoms with E-state index in [4.69, 9.17) is 4.74 Å². The summed E-state index contributed by atoms with van der Waals surface area (Å²) in [6.07, 6.45) is 2.79. The zero-order valence-electron chi connectivity index (χ0n) is 17.0. The van der Waals surface area contributed by atoms with Crippen molar-refractivity contribution in [1.29, 1.82) is 0 Å². The second kappa shape index (κ2) is 8.52. The second-order valence-electron chi connectivity index (χ2n) is 7.31. The van der Waals surface area contributed by atoms with Gasteiger partial charge in [-0.25, -0.2) is 17.2 Å². The summed E-state index contributed by atoms with van der Waals surface area (Å²) in [6.45, 7) is 1.49. The number of ether oxygens (including phenoxy) is 1. The van der Waals surface area contributed by atoms with Gasteiger partial charge in [-0.2, -0.15) is 18.2 Å². The number of nitrogens with one attached hydrogen (secondary N) is 2. The number of anilines is 1. The Labute approximate surface area is 190 Å². The van der Waals surface area contributed by atoms with Crippen LogP contribution < -0.4 is 14.8 Å². The molecule has 2 aromatic heterocycles. The van der Waals surface area contributed by atoms with Crippen molar-refractivity contribution in [1.82, 2.24) is 14.3 Å². The molecule has 170 valence electrons. The van der Waals surface area contributed by atoms with Crippen molar-refractivity contribution in [3.8, 4) is 5.75 Å². The van der Waals surface area contributed by atoms with Crippen LogP contribution in [0.15, 0.2) is 53.7 Å². The van der Waals surface area contributed by atoms with Gasteiger partial charge in [-0.05, 0) is 31.2 Å². The third-order valence-corrected chi connectivity index (χ3v) is 6.47. The number of hydrogen-bond donors (Lipinski definition) is 2. The van der Waals surface area contributed by atoms with Crippen LogP contribution in [0.2, 0.25) is 0 Å². The first-order valence-electron chi connectivity index (χ1n) is 9.15. The summed E-state index contributed by atoms with van der Waals surface area (Å²) < 4.78 is 62.4. The van der Waals surface area contributed by atoms with Crippen LogP contribution in [0.5, 0.6) is 5.75 Å². The lowest BCUT2D eigenvalue weighted by molar-refractivity contribution is 0.101. The van der Waals surface area contributed by atoms with Gasteiger partial charge in [-0.3, -0.25) is 9.78 Å². The van der Waals surface area contributed by atoms with Crippen LogP contribution in [0.1, 0.15) is 23.1 Å². The van der Waals surface area contributed by atoms with E-state index in [1.54, 1.807) is 25.1 Å². The SMILES string of the molecule is Cn1cc2c(c1C(=O)Nc1ccc(F)c(F)c1)OC[C@](C)(c1ccccn1)NS2(=O)=O.S. The van der Waals surface area contributed by atoms with Crippen molar-refractivity contribution in [3.05, 3.63) is 71.8 Å². The fraction of sp³-hybridized carbons (Fsp3) is 0.200. The molecular weight excluding hydrogens is 462 g/mol. The first-order chi connectivity index (χ1) is 14.6. The van der Waals surface area contributed by atoms with Gasteiger partial charge in [0.2, 0.25) is 10.0 Å². The van der Waals surface area contributed by atoms with E-state index in [9.17, 15) is 22.0 Å². The lowest BCUT2D eigenvalue weighted by atomic mass is 10.00. The molecule has 0 fully saturated rings. The lowest BCUT2D eigenvalue weighted by Gasteiger charge is -2.27. The van der Waals surface area contributed by atoms with Gasteiger partial charge in [0.25, 0.3) is 5.91 Å². The monoisotopic (exact) mass is 482 g/mol. The molecule has 0 aliphatic carbocycles. The number of amides is 1. The Morgan fingerprint density at radius 3 is 2.66 bits per heavy atom. The van der Waals surface area contributed by atoms with E-state index in [1.165, 1.54) is 30.1 Å². The number of benzene rings is 1. The number of aromatic nitrogens is 2. The Balaban J connectivity index is 0.00000289. The van der Waals surface area contributed by atoms with Gasteiger partial charge >= 0.3 is 0 Å². The van der Waals surface area contributed by atoms with Crippen LogP contribution in [0.25, 0.3) is 0 Å². The van der Waals surface area contributed by atoms with Crippen molar-refractivity contribution in [2.45, 2.75) is 17.4 Å². The molecule has 1 amide bonds. The molecule has 1 aliphatic rings. The average Bonchev–Trinajstić information content (AvgIpc) is 3.02. The van der Waals surface area contributed by atoms with Gasteiger partial charge in [0, 0.05) is 31.2 Å². The van der Waals surface area contributed by atoms with Gasteiger partial charge in [-0.1, -0.05) is 6.07 Å². The van der Waals surface area contributed by atoms with Crippen molar-refractivity contribution in [3.63, 3.8) is 0 Å². The van der Waals surface area contributed by atoms with Gasteiger partial charge in [0.05, 0.1) is 5.69 Å². The molecule has 0 bridgehead atoms. The van der Waals surface area contributed by atoms with Crippen LogP contribution in [0.4, 0.5) is 14.5 Å². The van der Waals surface area contributed by atoms with E-state index in [0.29, 0.717) is 5.69 Å². The highest BCUT2D eigenvalue weighted by Gasteiger charge is 2.41. The summed E-state index contributed by atoms with van der Waals surface area (Å²) in [5, 5.41) is 2.43. The molecular formula is C20H20F2N4O4S2. The smallest absolute Gasteiger partial charge is 0.276 e. The average molecular weight is 483 g/mol. The molecule has 0 saturated carbocycles. The van der Waals surface area contributed by atoms with Gasteiger partial charge < -0.3 is 14.6 Å². The predicted octanol–water partition coefficient (Wildman–Crippen LogP) is 2.65. The van der Waals surface area contributed by atoms with E-state index < -0.39 is 33.1 Å². The molecule has 1 aromatic carbocycles. The number of fused-ring (bicyclic) bond motifs is 1. The summed E-state index contributed by atoms with van der Waals surface area (Å²) in [7, 11) is -2.60. The molecule has 2 N–H and O–H groups in total. The summed E-state index contributed by atoms with van der Waals surface area (Å²) in [4.78, 5) is 16.9. The Morgan fingerprint density at radius 2 is 2.00 bits per heavy atom. The van der Waals surface area contributed by atoms with Crippen LogP contribution in [-0.2, 0) is 22.6 Å². The number of aryl methyl sites for hydroxylation is 1.